The Bertz CT molecular complexity index is 1100. The lowest BCUT2D eigenvalue weighted by Crippen LogP contribution is -2.40. The Kier molecular flexibility index (Phi) is 8.31. The van der Waals surface area contributed by atoms with E-state index in [0.29, 0.717) is 50.0 Å². The first-order valence-corrected chi connectivity index (χ1v) is 12.5. The molecule has 0 saturated carbocycles. The highest BCUT2D eigenvalue weighted by atomic mass is 32.2. The van der Waals surface area contributed by atoms with Crippen LogP contribution in [0.25, 0.3) is 6.08 Å². The highest BCUT2D eigenvalue weighted by Crippen LogP contribution is 2.34. The SMILES string of the molecule is CCOc1cc(/C=C2\SC(=O)N(CC(=O)N3CCCC3)C2=O)ccc1OCCOc1ccccc1. The maximum Gasteiger partial charge on any atom is 0.294 e. The van der Waals surface area contributed by atoms with E-state index in [-0.39, 0.29) is 17.4 Å². The molecule has 0 radical (unpaired) electrons. The summed E-state index contributed by atoms with van der Waals surface area (Å²) in [6.07, 6.45) is 3.54. The van der Waals surface area contributed by atoms with Crippen LogP contribution in [0.4, 0.5) is 4.79 Å². The lowest BCUT2D eigenvalue weighted by atomic mass is 10.2. The zero-order valence-electron chi connectivity index (χ0n) is 19.6. The van der Waals surface area contributed by atoms with Gasteiger partial charge in [0.2, 0.25) is 5.91 Å². The van der Waals surface area contributed by atoms with Crippen molar-refractivity contribution in [1.29, 1.82) is 0 Å². The van der Waals surface area contributed by atoms with Gasteiger partial charge < -0.3 is 19.1 Å². The second kappa shape index (κ2) is 11.8. The number of para-hydroxylation sites is 1. The molecule has 2 aromatic rings. The number of benzene rings is 2. The molecular weight excluding hydrogens is 468 g/mol. The molecule has 184 valence electrons. The van der Waals surface area contributed by atoms with Crippen molar-refractivity contribution in [2.75, 3.05) is 39.5 Å². The van der Waals surface area contributed by atoms with Crippen molar-refractivity contribution in [3.63, 3.8) is 0 Å². The number of nitrogens with zero attached hydrogens (tertiary/aromatic N) is 2. The summed E-state index contributed by atoms with van der Waals surface area (Å²) in [4.78, 5) is 40.6. The largest absolute Gasteiger partial charge is 0.490 e. The summed E-state index contributed by atoms with van der Waals surface area (Å²) < 4.78 is 17.2. The van der Waals surface area contributed by atoms with E-state index in [9.17, 15) is 14.4 Å². The fourth-order valence-electron chi connectivity index (χ4n) is 3.82. The minimum absolute atomic E-state index is 0.192. The Morgan fingerprint density at radius 3 is 2.46 bits per heavy atom. The molecule has 0 N–H and O–H groups in total. The Hall–Kier alpha value is -3.46. The number of carbonyl (C=O) groups is 3. The van der Waals surface area contributed by atoms with Gasteiger partial charge in [0, 0.05) is 13.1 Å². The van der Waals surface area contributed by atoms with Gasteiger partial charge in [-0.2, -0.15) is 0 Å². The molecule has 2 saturated heterocycles. The van der Waals surface area contributed by atoms with E-state index in [4.69, 9.17) is 14.2 Å². The Labute approximate surface area is 208 Å². The average Bonchev–Trinajstić information content (AvgIpc) is 3.49. The van der Waals surface area contributed by atoms with E-state index < -0.39 is 11.1 Å². The smallest absolute Gasteiger partial charge is 0.294 e. The first-order chi connectivity index (χ1) is 17.0. The minimum atomic E-state index is -0.455. The molecule has 2 aromatic carbocycles. The van der Waals surface area contributed by atoms with E-state index >= 15 is 0 Å². The third-order valence-corrected chi connectivity index (χ3v) is 6.45. The molecule has 2 aliphatic heterocycles. The number of carbonyl (C=O) groups excluding carboxylic acids is 3. The van der Waals surface area contributed by atoms with Crippen molar-refractivity contribution in [3.05, 3.63) is 59.0 Å². The molecular formula is C26H28N2O6S. The number of ether oxygens (including phenoxy) is 3. The number of rotatable bonds is 10. The second-order valence-corrected chi connectivity index (χ2v) is 9.00. The summed E-state index contributed by atoms with van der Waals surface area (Å²) >= 11 is 0.839. The number of hydrogen-bond acceptors (Lipinski definition) is 7. The average molecular weight is 497 g/mol. The highest BCUT2D eigenvalue weighted by Gasteiger charge is 2.37. The predicted molar refractivity (Wildman–Crippen MR) is 134 cm³/mol. The molecule has 35 heavy (non-hydrogen) atoms. The van der Waals surface area contributed by atoms with Crippen LogP contribution < -0.4 is 14.2 Å². The van der Waals surface area contributed by atoms with Gasteiger partial charge in [-0.3, -0.25) is 19.3 Å². The molecule has 0 spiro atoms. The summed E-state index contributed by atoms with van der Waals surface area (Å²) in [6, 6.07) is 14.8. The standard InChI is InChI=1S/C26H28N2O6S/c1-2-32-22-16-19(10-11-21(22)34-15-14-33-20-8-4-3-5-9-20)17-23-25(30)28(26(31)35-23)18-24(29)27-12-6-7-13-27/h3-5,8-11,16-17H,2,6-7,12-15,18H2,1H3/b23-17-. The molecule has 0 aromatic heterocycles. The van der Waals surface area contributed by atoms with Crippen LogP contribution in [0, 0.1) is 0 Å². The molecule has 3 amide bonds. The minimum Gasteiger partial charge on any atom is -0.490 e. The van der Waals surface area contributed by atoms with Crippen LogP contribution in [-0.4, -0.2) is 66.3 Å². The molecule has 9 heteroatoms. The van der Waals surface area contributed by atoms with Crippen LogP contribution >= 0.6 is 11.8 Å². The molecule has 2 heterocycles. The first kappa shape index (κ1) is 24.7. The van der Waals surface area contributed by atoms with Gasteiger partial charge in [-0.05, 0) is 67.4 Å². The molecule has 2 aliphatic rings. The van der Waals surface area contributed by atoms with Gasteiger partial charge >= 0.3 is 0 Å². The Balaban J connectivity index is 1.39. The lowest BCUT2D eigenvalue weighted by molar-refractivity contribution is -0.135. The normalized spacial score (nSPS) is 16.8. The van der Waals surface area contributed by atoms with Crippen molar-refractivity contribution in [2.24, 2.45) is 0 Å². The van der Waals surface area contributed by atoms with Gasteiger partial charge in [0.25, 0.3) is 11.1 Å². The van der Waals surface area contributed by atoms with Crippen molar-refractivity contribution in [3.8, 4) is 17.2 Å². The fraction of sp³-hybridized carbons (Fsp3) is 0.346. The van der Waals surface area contributed by atoms with Gasteiger partial charge in [0.1, 0.15) is 25.5 Å². The van der Waals surface area contributed by atoms with Gasteiger partial charge in [-0.15, -0.1) is 0 Å². The van der Waals surface area contributed by atoms with Crippen LogP contribution in [0.5, 0.6) is 17.2 Å². The first-order valence-electron chi connectivity index (χ1n) is 11.7. The molecule has 4 rings (SSSR count). The monoisotopic (exact) mass is 496 g/mol. The van der Waals surface area contributed by atoms with Crippen LogP contribution in [0.1, 0.15) is 25.3 Å². The third-order valence-electron chi connectivity index (χ3n) is 5.54. The van der Waals surface area contributed by atoms with E-state index in [2.05, 4.69) is 0 Å². The van der Waals surface area contributed by atoms with E-state index in [1.165, 1.54) is 0 Å². The quantitative estimate of drug-likeness (QED) is 0.360. The Morgan fingerprint density at radius 1 is 0.971 bits per heavy atom. The van der Waals surface area contributed by atoms with Crippen LogP contribution in [0.15, 0.2) is 53.4 Å². The summed E-state index contributed by atoms with van der Waals surface area (Å²) in [7, 11) is 0. The van der Waals surface area contributed by atoms with Crippen molar-refractivity contribution in [1.82, 2.24) is 9.80 Å². The fourth-order valence-corrected chi connectivity index (χ4v) is 4.66. The number of hydrogen-bond donors (Lipinski definition) is 0. The maximum atomic E-state index is 12.8. The summed E-state index contributed by atoms with van der Waals surface area (Å²) in [5, 5.41) is -0.433. The summed E-state index contributed by atoms with van der Waals surface area (Å²) in [5.41, 5.74) is 0.692. The second-order valence-electron chi connectivity index (χ2n) is 8.00. The zero-order chi connectivity index (χ0) is 24.6. The molecule has 2 fully saturated rings. The topological polar surface area (TPSA) is 85.4 Å². The van der Waals surface area contributed by atoms with Gasteiger partial charge in [-0.25, -0.2) is 0 Å². The number of amides is 3. The number of likely N-dealkylation sites (tertiary alicyclic amines) is 1. The van der Waals surface area contributed by atoms with E-state index in [1.807, 2.05) is 37.3 Å². The maximum absolute atomic E-state index is 12.8. The summed E-state index contributed by atoms with van der Waals surface area (Å²) in [5.74, 6) is 1.22. The summed E-state index contributed by atoms with van der Waals surface area (Å²) in [6.45, 7) is 4.16. The van der Waals surface area contributed by atoms with Crippen molar-refractivity contribution in [2.45, 2.75) is 19.8 Å². The van der Waals surface area contributed by atoms with E-state index in [1.54, 1.807) is 29.2 Å². The van der Waals surface area contributed by atoms with Gasteiger partial charge in [-0.1, -0.05) is 24.3 Å². The van der Waals surface area contributed by atoms with E-state index in [0.717, 1.165) is 35.3 Å². The number of imide groups is 1. The van der Waals surface area contributed by atoms with Gasteiger partial charge in [0.05, 0.1) is 11.5 Å². The lowest BCUT2D eigenvalue weighted by Gasteiger charge is -2.18. The van der Waals surface area contributed by atoms with Gasteiger partial charge in [0.15, 0.2) is 11.5 Å². The molecule has 0 atom stereocenters. The molecule has 0 unspecified atom stereocenters. The van der Waals surface area contributed by atoms with Crippen LogP contribution in [-0.2, 0) is 9.59 Å². The number of thioether (sulfide) groups is 1. The van der Waals surface area contributed by atoms with Crippen molar-refractivity contribution >= 4 is 34.9 Å². The highest BCUT2D eigenvalue weighted by molar-refractivity contribution is 8.18. The van der Waals surface area contributed by atoms with Crippen LogP contribution in [0.3, 0.4) is 0 Å². The predicted octanol–water partition coefficient (Wildman–Crippen LogP) is 4.20. The molecule has 0 bridgehead atoms. The van der Waals surface area contributed by atoms with Crippen molar-refractivity contribution < 1.29 is 28.6 Å². The van der Waals surface area contributed by atoms with Crippen LogP contribution in [0.2, 0.25) is 0 Å². The third kappa shape index (κ3) is 6.36. The molecule has 0 aliphatic carbocycles. The Morgan fingerprint density at radius 2 is 1.71 bits per heavy atom. The molecule has 8 nitrogen and oxygen atoms in total. The zero-order valence-corrected chi connectivity index (χ0v) is 20.4.